The highest BCUT2D eigenvalue weighted by atomic mass is 16.6. The molecule has 5 heteroatoms. The predicted octanol–water partition coefficient (Wildman–Crippen LogP) is 3.67. The minimum absolute atomic E-state index is 0.159. The number of amidine groups is 1. The number of nitrogens with zero attached hydrogens (tertiary/aromatic N) is 1. The standard InChI is InChI=1S/C21H27N3O2/c1-3-17-11-8-12-18(4-2)21(17)23-20(25)15-26-24-19(22)14-13-16-9-6-5-7-10-16/h5-12H,3-4,13-15H2,1-2H3,(H2,22,24)(H,23,25). The van der Waals surface area contributed by atoms with Gasteiger partial charge >= 0.3 is 0 Å². The third-order valence-electron chi connectivity index (χ3n) is 4.15. The molecule has 0 saturated heterocycles. The van der Waals surface area contributed by atoms with Gasteiger partial charge in [-0.25, -0.2) is 0 Å². The van der Waals surface area contributed by atoms with E-state index in [2.05, 4.69) is 24.3 Å². The molecule has 0 bridgehead atoms. The maximum Gasteiger partial charge on any atom is 0.265 e. The van der Waals surface area contributed by atoms with E-state index < -0.39 is 0 Å². The number of nitrogens with two attached hydrogens (primary N) is 1. The SMILES string of the molecule is CCc1cccc(CC)c1NC(=O)CO/N=C(\N)CCc1ccccc1. The van der Waals surface area contributed by atoms with Crippen molar-refractivity contribution in [1.29, 1.82) is 0 Å². The van der Waals surface area contributed by atoms with Gasteiger partial charge in [0.15, 0.2) is 6.61 Å². The van der Waals surface area contributed by atoms with E-state index in [9.17, 15) is 4.79 Å². The third-order valence-corrected chi connectivity index (χ3v) is 4.15. The molecule has 0 heterocycles. The van der Waals surface area contributed by atoms with E-state index in [4.69, 9.17) is 10.6 Å². The molecule has 0 aromatic heterocycles. The average Bonchev–Trinajstić information content (AvgIpc) is 2.67. The molecule has 26 heavy (non-hydrogen) atoms. The van der Waals surface area contributed by atoms with Gasteiger partial charge in [0.2, 0.25) is 0 Å². The number of oxime groups is 1. The number of amides is 1. The number of benzene rings is 2. The third kappa shape index (κ3) is 5.92. The predicted molar refractivity (Wildman–Crippen MR) is 106 cm³/mol. The fraction of sp³-hybridized carbons (Fsp3) is 0.333. The van der Waals surface area contributed by atoms with Crippen molar-refractivity contribution in [2.45, 2.75) is 39.5 Å². The number of hydrogen-bond donors (Lipinski definition) is 2. The van der Waals surface area contributed by atoms with Gasteiger partial charge in [-0.3, -0.25) is 4.79 Å². The van der Waals surface area contributed by atoms with Gasteiger partial charge in [0.05, 0.1) is 0 Å². The van der Waals surface area contributed by atoms with E-state index in [0.717, 1.165) is 36.1 Å². The van der Waals surface area contributed by atoms with E-state index in [-0.39, 0.29) is 12.5 Å². The Balaban J connectivity index is 1.83. The van der Waals surface area contributed by atoms with E-state index in [1.165, 1.54) is 5.56 Å². The molecule has 0 spiro atoms. The molecule has 2 aromatic carbocycles. The van der Waals surface area contributed by atoms with Gasteiger partial charge < -0.3 is 15.9 Å². The number of carbonyl (C=O) groups excluding carboxylic acids is 1. The molecule has 2 aromatic rings. The summed E-state index contributed by atoms with van der Waals surface area (Å²) in [4.78, 5) is 17.3. The molecule has 1 amide bonds. The Morgan fingerprint density at radius 1 is 1.04 bits per heavy atom. The fourth-order valence-electron chi connectivity index (χ4n) is 2.72. The van der Waals surface area contributed by atoms with Crippen LogP contribution in [0.1, 0.15) is 37.0 Å². The lowest BCUT2D eigenvalue weighted by atomic mass is 10.0. The number of aryl methyl sites for hydroxylation is 3. The molecule has 0 saturated carbocycles. The van der Waals surface area contributed by atoms with Gasteiger partial charge in [-0.15, -0.1) is 0 Å². The number of carbonyl (C=O) groups is 1. The molecule has 0 radical (unpaired) electrons. The topological polar surface area (TPSA) is 76.7 Å². The van der Waals surface area contributed by atoms with Gasteiger partial charge in [0.25, 0.3) is 5.91 Å². The summed E-state index contributed by atoms with van der Waals surface area (Å²) < 4.78 is 0. The molecule has 3 N–H and O–H groups in total. The van der Waals surface area contributed by atoms with Crippen LogP contribution in [0.3, 0.4) is 0 Å². The fourth-order valence-corrected chi connectivity index (χ4v) is 2.72. The number of rotatable bonds is 9. The monoisotopic (exact) mass is 353 g/mol. The molecule has 5 nitrogen and oxygen atoms in total. The summed E-state index contributed by atoms with van der Waals surface area (Å²) in [5, 5.41) is 6.78. The average molecular weight is 353 g/mol. The van der Waals surface area contributed by atoms with Gasteiger partial charge in [0, 0.05) is 12.1 Å². The Labute approximate surface area is 155 Å². The van der Waals surface area contributed by atoms with E-state index >= 15 is 0 Å². The lowest BCUT2D eigenvalue weighted by Crippen LogP contribution is -2.20. The molecule has 0 aliphatic rings. The lowest BCUT2D eigenvalue weighted by Gasteiger charge is -2.14. The number of nitrogens with one attached hydrogen (secondary N) is 1. The number of hydrogen-bond acceptors (Lipinski definition) is 3. The first kappa shape index (κ1) is 19.5. The summed E-state index contributed by atoms with van der Waals surface area (Å²) in [7, 11) is 0. The van der Waals surface area contributed by atoms with Crippen molar-refractivity contribution < 1.29 is 9.63 Å². The van der Waals surface area contributed by atoms with E-state index in [0.29, 0.717) is 12.3 Å². The van der Waals surface area contributed by atoms with E-state index in [1.54, 1.807) is 0 Å². The second-order valence-electron chi connectivity index (χ2n) is 6.05. The van der Waals surface area contributed by atoms with Gasteiger partial charge in [0.1, 0.15) is 5.84 Å². The molecule has 0 atom stereocenters. The minimum atomic E-state index is -0.236. The quantitative estimate of drug-likeness (QED) is 0.410. The van der Waals surface area contributed by atoms with Crippen LogP contribution >= 0.6 is 0 Å². The zero-order chi connectivity index (χ0) is 18.8. The summed E-state index contributed by atoms with van der Waals surface area (Å²) in [5.41, 5.74) is 10.1. The van der Waals surface area contributed by atoms with Crippen LogP contribution in [0.2, 0.25) is 0 Å². The molecule has 0 fully saturated rings. The molecule has 138 valence electrons. The highest BCUT2D eigenvalue weighted by Crippen LogP contribution is 2.22. The van der Waals surface area contributed by atoms with Crippen LogP contribution in [0.5, 0.6) is 0 Å². The van der Waals surface area contributed by atoms with Crippen LogP contribution in [0, 0.1) is 0 Å². The molecule has 0 aliphatic carbocycles. The molecule has 0 unspecified atom stereocenters. The molecular formula is C21H27N3O2. The zero-order valence-electron chi connectivity index (χ0n) is 15.5. The van der Waals surface area contributed by atoms with Gasteiger partial charge in [-0.2, -0.15) is 0 Å². The first-order valence-corrected chi connectivity index (χ1v) is 9.02. The van der Waals surface area contributed by atoms with Crippen LogP contribution in [-0.2, 0) is 28.9 Å². The first-order chi connectivity index (χ1) is 12.6. The molecule has 0 aliphatic heterocycles. The van der Waals surface area contributed by atoms with Crippen LogP contribution < -0.4 is 11.1 Å². The Bertz CT molecular complexity index is 720. The van der Waals surface area contributed by atoms with Crippen molar-refractivity contribution in [1.82, 2.24) is 0 Å². The van der Waals surface area contributed by atoms with E-state index in [1.807, 2.05) is 48.5 Å². The lowest BCUT2D eigenvalue weighted by molar-refractivity contribution is -0.120. The van der Waals surface area contributed by atoms with Crippen molar-refractivity contribution in [3.05, 3.63) is 65.2 Å². The van der Waals surface area contributed by atoms with Gasteiger partial charge in [-0.05, 0) is 36.0 Å². The summed E-state index contributed by atoms with van der Waals surface area (Å²) in [6.07, 6.45) is 3.09. The van der Waals surface area contributed by atoms with Crippen LogP contribution in [0.15, 0.2) is 53.7 Å². The number of para-hydroxylation sites is 1. The zero-order valence-corrected chi connectivity index (χ0v) is 15.5. The van der Waals surface area contributed by atoms with Crippen molar-refractivity contribution >= 4 is 17.4 Å². The molecular weight excluding hydrogens is 326 g/mol. The van der Waals surface area contributed by atoms with Crippen molar-refractivity contribution in [2.24, 2.45) is 10.9 Å². The summed E-state index contributed by atoms with van der Waals surface area (Å²) in [5.74, 6) is 0.144. The molecule has 2 rings (SSSR count). The highest BCUT2D eigenvalue weighted by Gasteiger charge is 2.10. The van der Waals surface area contributed by atoms with Crippen LogP contribution in [0.25, 0.3) is 0 Å². The van der Waals surface area contributed by atoms with Crippen molar-refractivity contribution in [3.8, 4) is 0 Å². The van der Waals surface area contributed by atoms with Crippen molar-refractivity contribution in [3.63, 3.8) is 0 Å². The maximum absolute atomic E-state index is 12.2. The Kier molecular flexibility index (Phi) is 7.68. The normalized spacial score (nSPS) is 11.2. The van der Waals surface area contributed by atoms with Crippen LogP contribution in [-0.4, -0.2) is 18.3 Å². The first-order valence-electron chi connectivity index (χ1n) is 9.02. The van der Waals surface area contributed by atoms with Crippen molar-refractivity contribution in [2.75, 3.05) is 11.9 Å². The van der Waals surface area contributed by atoms with Crippen LogP contribution in [0.4, 0.5) is 5.69 Å². The smallest absolute Gasteiger partial charge is 0.265 e. The largest absolute Gasteiger partial charge is 0.384 e. The second-order valence-corrected chi connectivity index (χ2v) is 6.05. The highest BCUT2D eigenvalue weighted by molar-refractivity contribution is 5.93. The summed E-state index contributed by atoms with van der Waals surface area (Å²) >= 11 is 0. The summed E-state index contributed by atoms with van der Waals surface area (Å²) in [6.45, 7) is 3.98. The Morgan fingerprint density at radius 2 is 1.69 bits per heavy atom. The minimum Gasteiger partial charge on any atom is -0.384 e. The Hall–Kier alpha value is -2.82. The van der Waals surface area contributed by atoms with Gasteiger partial charge in [-0.1, -0.05) is 67.5 Å². The summed E-state index contributed by atoms with van der Waals surface area (Å²) in [6, 6.07) is 16.1. The Morgan fingerprint density at radius 3 is 2.31 bits per heavy atom. The number of anilines is 1. The second kappa shape index (κ2) is 10.2. The maximum atomic E-state index is 12.2.